The first kappa shape index (κ1) is 16.0. The standard InChI is InChI=1S/C24H18O2/c25-20-12-14-21(23(16-20)18-9-5-2-6-10-18)22-13-11-19(15-24(22)26)17-7-3-1-4-8-17/h1-16,25-26H. The maximum Gasteiger partial charge on any atom is 0.124 e. The summed E-state index contributed by atoms with van der Waals surface area (Å²) < 4.78 is 0. The molecule has 0 unspecified atom stereocenters. The van der Waals surface area contributed by atoms with Crippen LogP contribution in [-0.2, 0) is 0 Å². The van der Waals surface area contributed by atoms with Crippen molar-refractivity contribution in [2.75, 3.05) is 0 Å². The molecule has 2 N–H and O–H groups in total. The van der Waals surface area contributed by atoms with Crippen LogP contribution in [-0.4, -0.2) is 10.2 Å². The van der Waals surface area contributed by atoms with Gasteiger partial charge >= 0.3 is 0 Å². The normalized spacial score (nSPS) is 10.6. The Morgan fingerprint density at radius 2 is 1.04 bits per heavy atom. The third kappa shape index (κ3) is 3.05. The Morgan fingerprint density at radius 3 is 1.69 bits per heavy atom. The Morgan fingerprint density at radius 1 is 0.423 bits per heavy atom. The molecule has 0 aliphatic carbocycles. The lowest BCUT2D eigenvalue weighted by molar-refractivity contribution is 0.474. The summed E-state index contributed by atoms with van der Waals surface area (Å²) in [7, 11) is 0. The molecule has 4 aromatic carbocycles. The van der Waals surface area contributed by atoms with Gasteiger partial charge in [-0.3, -0.25) is 0 Å². The molecule has 0 aromatic heterocycles. The van der Waals surface area contributed by atoms with Crippen LogP contribution >= 0.6 is 0 Å². The predicted molar refractivity (Wildman–Crippen MR) is 106 cm³/mol. The molecule has 4 rings (SSSR count). The van der Waals surface area contributed by atoms with E-state index in [2.05, 4.69) is 0 Å². The summed E-state index contributed by atoms with van der Waals surface area (Å²) in [5, 5.41) is 20.6. The van der Waals surface area contributed by atoms with Crippen molar-refractivity contribution in [2.45, 2.75) is 0 Å². The zero-order valence-electron chi connectivity index (χ0n) is 14.1. The third-order valence-corrected chi connectivity index (χ3v) is 4.48. The van der Waals surface area contributed by atoms with Crippen LogP contribution in [0.1, 0.15) is 0 Å². The topological polar surface area (TPSA) is 40.5 Å². The van der Waals surface area contributed by atoms with Gasteiger partial charge in [-0.15, -0.1) is 0 Å². The summed E-state index contributed by atoms with van der Waals surface area (Å²) in [6, 6.07) is 30.8. The number of phenolic OH excluding ortho intramolecular Hbond substituents is 2. The zero-order chi connectivity index (χ0) is 17.9. The number of phenols is 2. The third-order valence-electron chi connectivity index (χ3n) is 4.48. The van der Waals surface area contributed by atoms with Crippen LogP contribution < -0.4 is 0 Å². The highest BCUT2D eigenvalue weighted by Crippen LogP contribution is 2.40. The van der Waals surface area contributed by atoms with Crippen LogP contribution in [0, 0.1) is 0 Å². The lowest BCUT2D eigenvalue weighted by Gasteiger charge is -2.13. The molecule has 0 radical (unpaired) electrons. The van der Waals surface area contributed by atoms with Gasteiger partial charge in [0.25, 0.3) is 0 Å². The summed E-state index contributed by atoms with van der Waals surface area (Å²) in [5.41, 5.74) is 5.52. The monoisotopic (exact) mass is 338 g/mol. The molecule has 0 aliphatic rings. The Kier molecular flexibility index (Phi) is 4.16. The van der Waals surface area contributed by atoms with E-state index in [1.165, 1.54) is 0 Å². The Bertz CT molecular complexity index is 1040. The van der Waals surface area contributed by atoms with Crippen LogP contribution in [0.2, 0.25) is 0 Å². The SMILES string of the molecule is Oc1ccc(-c2ccc(-c3ccccc3)cc2O)c(-c2ccccc2)c1. The molecule has 126 valence electrons. The largest absolute Gasteiger partial charge is 0.508 e. The molecule has 0 fully saturated rings. The number of hydrogen-bond donors (Lipinski definition) is 2. The fourth-order valence-electron chi connectivity index (χ4n) is 3.19. The molecule has 4 aromatic rings. The summed E-state index contributed by atoms with van der Waals surface area (Å²) in [6.07, 6.45) is 0. The lowest BCUT2D eigenvalue weighted by atomic mass is 9.92. The van der Waals surface area contributed by atoms with Gasteiger partial charge in [-0.2, -0.15) is 0 Å². The van der Waals surface area contributed by atoms with Crippen molar-refractivity contribution < 1.29 is 10.2 Å². The van der Waals surface area contributed by atoms with Crippen molar-refractivity contribution in [3.8, 4) is 44.9 Å². The second kappa shape index (κ2) is 6.77. The Labute approximate surface area is 152 Å². The van der Waals surface area contributed by atoms with Crippen LogP contribution in [0.3, 0.4) is 0 Å². The van der Waals surface area contributed by atoms with E-state index in [4.69, 9.17) is 0 Å². The number of hydrogen-bond acceptors (Lipinski definition) is 2. The quantitative estimate of drug-likeness (QED) is 0.474. The average Bonchev–Trinajstić information content (AvgIpc) is 2.69. The van der Waals surface area contributed by atoms with E-state index in [0.29, 0.717) is 0 Å². The Balaban J connectivity index is 1.84. The first-order chi connectivity index (χ1) is 12.7. The smallest absolute Gasteiger partial charge is 0.124 e. The van der Waals surface area contributed by atoms with Gasteiger partial charge in [0.1, 0.15) is 11.5 Å². The van der Waals surface area contributed by atoms with Gasteiger partial charge in [0, 0.05) is 5.56 Å². The van der Waals surface area contributed by atoms with Gasteiger partial charge in [-0.1, -0.05) is 72.8 Å². The zero-order valence-corrected chi connectivity index (χ0v) is 14.1. The first-order valence-electron chi connectivity index (χ1n) is 8.49. The fourth-order valence-corrected chi connectivity index (χ4v) is 3.19. The maximum atomic E-state index is 10.7. The Hall–Kier alpha value is -3.52. The molecule has 0 amide bonds. The molecular formula is C24H18O2. The van der Waals surface area contributed by atoms with Crippen molar-refractivity contribution in [1.29, 1.82) is 0 Å². The highest BCUT2D eigenvalue weighted by Gasteiger charge is 2.13. The van der Waals surface area contributed by atoms with Crippen LogP contribution in [0.5, 0.6) is 11.5 Å². The highest BCUT2D eigenvalue weighted by atomic mass is 16.3. The van der Waals surface area contributed by atoms with Gasteiger partial charge in [-0.25, -0.2) is 0 Å². The van der Waals surface area contributed by atoms with E-state index < -0.39 is 0 Å². The first-order valence-corrected chi connectivity index (χ1v) is 8.49. The van der Waals surface area contributed by atoms with Gasteiger partial charge in [0.15, 0.2) is 0 Å². The van der Waals surface area contributed by atoms with E-state index >= 15 is 0 Å². The van der Waals surface area contributed by atoms with Gasteiger partial charge in [-0.05, 0) is 52.1 Å². The number of benzene rings is 4. The van der Waals surface area contributed by atoms with E-state index in [0.717, 1.165) is 33.4 Å². The average molecular weight is 338 g/mol. The van der Waals surface area contributed by atoms with Crippen molar-refractivity contribution in [3.63, 3.8) is 0 Å². The molecule has 0 aliphatic heterocycles. The van der Waals surface area contributed by atoms with Gasteiger partial charge < -0.3 is 10.2 Å². The van der Waals surface area contributed by atoms with E-state index in [-0.39, 0.29) is 11.5 Å². The lowest BCUT2D eigenvalue weighted by Crippen LogP contribution is -1.87. The molecule has 0 bridgehead atoms. The number of rotatable bonds is 3. The number of aromatic hydroxyl groups is 2. The van der Waals surface area contributed by atoms with Crippen LogP contribution in [0.25, 0.3) is 33.4 Å². The molecule has 0 saturated heterocycles. The second-order valence-electron chi connectivity index (χ2n) is 6.19. The van der Waals surface area contributed by atoms with Crippen molar-refractivity contribution in [1.82, 2.24) is 0 Å². The van der Waals surface area contributed by atoms with Crippen molar-refractivity contribution in [3.05, 3.63) is 97.1 Å². The molecular weight excluding hydrogens is 320 g/mol. The molecule has 0 spiro atoms. The molecule has 0 saturated carbocycles. The van der Waals surface area contributed by atoms with Gasteiger partial charge in [0.2, 0.25) is 0 Å². The highest BCUT2D eigenvalue weighted by molar-refractivity contribution is 5.88. The van der Waals surface area contributed by atoms with E-state index in [1.54, 1.807) is 18.2 Å². The summed E-state index contributed by atoms with van der Waals surface area (Å²) >= 11 is 0. The van der Waals surface area contributed by atoms with Crippen molar-refractivity contribution in [2.24, 2.45) is 0 Å². The fraction of sp³-hybridized carbons (Fsp3) is 0. The summed E-state index contributed by atoms with van der Waals surface area (Å²) in [4.78, 5) is 0. The molecule has 26 heavy (non-hydrogen) atoms. The minimum absolute atomic E-state index is 0.202. The molecule has 0 heterocycles. The van der Waals surface area contributed by atoms with Crippen LogP contribution in [0.15, 0.2) is 97.1 Å². The predicted octanol–water partition coefficient (Wildman–Crippen LogP) is 6.10. The summed E-state index contributed by atoms with van der Waals surface area (Å²) in [5.74, 6) is 0.419. The second-order valence-corrected chi connectivity index (χ2v) is 6.19. The maximum absolute atomic E-state index is 10.7. The van der Waals surface area contributed by atoms with Gasteiger partial charge in [0.05, 0.1) is 0 Å². The van der Waals surface area contributed by atoms with E-state index in [1.807, 2.05) is 78.9 Å². The van der Waals surface area contributed by atoms with Crippen molar-refractivity contribution >= 4 is 0 Å². The minimum atomic E-state index is 0.202. The molecule has 2 nitrogen and oxygen atoms in total. The minimum Gasteiger partial charge on any atom is -0.508 e. The van der Waals surface area contributed by atoms with E-state index in [9.17, 15) is 10.2 Å². The molecule has 2 heteroatoms. The molecule has 0 atom stereocenters. The summed E-state index contributed by atoms with van der Waals surface area (Å²) in [6.45, 7) is 0. The van der Waals surface area contributed by atoms with Crippen LogP contribution in [0.4, 0.5) is 0 Å².